The highest BCUT2D eigenvalue weighted by Gasteiger charge is 2.05. The Morgan fingerprint density at radius 1 is 1.44 bits per heavy atom. The van der Waals surface area contributed by atoms with Gasteiger partial charge in [0, 0.05) is 6.20 Å². The summed E-state index contributed by atoms with van der Waals surface area (Å²) in [7, 11) is 0. The molecule has 94 valence electrons. The van der Waals surface area contributed by atoms with E-state index < -0.39 is 0 Å². The molecule has 2 aromatic rings. The van der Waals surface area contributed by atoms with Gasteiger partial charge in [0.1, 0.15) is 6.20 Å². The summed E-state index contributed by atoms with van der Waals surface area (Å²) < 4.78 is 1.57. The number of nitrogens with zero attached hydrogens (tertiary/aromatic N) is 2. The molecule has 0 atom stereocenters. The molecule has 0 aromatic carbocycles. The third-order valence-electron chi connectivity index (χ3n) is 2.82. The molecule has 0 radical (unpaired) electrons. The van der Waals surface area contributed by atoms with Crippen LogP contribution in [0.3, 0.4) is 0 Å². The second kappa shape index (κ2) is 6.10. The molecule has 0 aliphatic heterocycles. The lowest BCUT2D eigenvalue weighted by atomic mass is 10.2. The van der Waals surface area contributed by atoms with Crippen LogP contribution in [0.25, 0.3) is 17.2 Å². The predicted octanol–water partition coefficient (Wildman–Crippen LogP) is 2.26. The summed E-state index contributed by atoms with van der Waals surface area (Å²) in [6.07, 6.45) is 11.9. The summed E-state index contributed by atoms with van der Waals surface area (Å²) in [4.78, 5) is 18.6. The van der Waals surface area contributed by atoms with Crippen molar-refractivity contribution in [2.24, 2.45) is 0 Å². The highest BCUT2D eigenvalue weighted by Crippen LogP contribution is 2.02. The lowest BCUT2D eigenvalue weighted by molar-refractivity contribution is -0.586. The monoisotopic (exact) mass is 244 g/mol. The molecule has 0 bridgehead atoms. The van der Waals surface area contributed by atoms with Crippen LogP contribution in [0.4, 0.5) is 0 Å². The topological polar surface area (TPSA) is 49.6 Å². The van der Waals surface area contributed by atoms with Crippen LogP contribution in [-0.2, 0) is 0 Å². The molecule has 2 heterocycles. The van der Waals surface area contributed by atoms with E-state index in [2.05, 4.69) is 16.9 Å². The van der Waals surface area contributed by atoms with Crippen LogP contribution in [0.1, 0.15) is 32.6 Å². The molecule has 0 spiro atoms. The molecule has 4 heteroatoms. The van der Waals surface area contributed by atoms with Gasteiger partial charge in [-0.1, -0.05) is 19.8 Å². The van der Waals surface area contributed by atoms with Crippen molar-refractivity contribution in [3.05, 3.63) is 41.1 Å². The van der Waals surface area contributed by atoms with Crippen LogP contribution in [0.5, 0.6) is 0 Å². The van der Waals surface area contributed by atoms with Crippen LogP contribution < -0.4 is 10.3 Å². The summed E-state index contributed by atoms with van der Waals surface area (Å²) in [6, 6.07) is 3.79. The van der Waals surface area contributed by atoms with Gasteiger partial charge in [-0.05, 0) is 31.1 Å². The quantitative estimate of drug-likeness (QED) is 0.648. The Hall–Kier alpha value is -1.97. The smallest absolute Gasteiger partial charge is 0.217 e. The molecule has 0 fully saturated rings. The summed E-state index contributed by atoms with van der Waals surface area (Å²) in [5.41, 5.74) is 0.464. The van der Waals surface area contributed by atoms with E-state index in [4.69, 9.17) is 0 Å². The molecule has 0 aliphatic carbocycles. The van der Waals surface area contributed by atoms with Crippen molar-refractivity contribution in [3.8, 4) is 0 Å². The average Bonchev–Trinajstić information content (AvgIpc) is 2.39. The summed E-state index contributed by atoms with van der Waals surface area (Å²) >= 11 is 0. The van der Waals surface area contributed by atoms with E-state index in [-0.39, 0.29) is 5.69 Å². The molecule has 18 heavy (non-hydrogen) atoms. The fourth-order valence-electron chi connectivity index (χ4n) is 1.81. The summed E-state index contributed by atoms with van der Waals surface area (Å²) in [5, 5.41) is 0.926. The third-order valence-corrected chi connectivity index (χ3v) is 2.82. The van der Waals surface area contributed by atoms with E-state index in [0.29, 0.717) is 5.65 Å². The fraction of sp³-hybridized carbons (Fsp3) is 0.357. The zero-order chi connectivity index (χ0) is 12.8. The molecule has 0 aliphatic rings. The first-order valence-corrected chi connectivity index (χ1v) is 6.37. The van der Waals surface area contributed by atoms with Crippen LogP contribution in [0.2, 0.25) is 0 Å². The van der Waals surface area contributed by atoms with Gasteiger partial charge in [0.2, 0.25) is 5.65 Å². The number of hydrogen-bond acceptors (Lipinski definition) is 2. The van der Waals surface area contributed by atoms with Crippen molar-refractivity contribution in [1.82, 2.24) is 9.97 Å². The molecular weight excluding hydrogens is 226 g/mol. The molecule has 2 aromatic heterocycles. The first kappa shape index (κ1) is 12.5. The van der Waals surface area contributed by atoms with Gasteiger partial charge in [-0.2, -0.15) is 14.3 Å². The van der Waals surface area contributed by atoms with Crippen molar-refractivity contribution in [2.45, 2.75) is 32.6 Å². The number of hydrogen-bond donors (Lipinski definition) is 1. The number of nitrogens with one attached hydrogen (secondary N) is 1. The standard InChI is InChI=1S/C14H17N3O/c1-2-3-4-5-6-10-17-11-12-8-7-9-15-13(12)16-14(17)18/h6-11H,2-5H2,1H3/p+1. The minimum atomic E-state index is -0.159. The van der Waals surface area contributed by atoms with Crippen molar-refractivity contribution < 1.29 is 4.57 Å². The number of H-pyrrole nitrogens is 1. The van der Waals surface area contributed by atoms with Crippen LogP contribution in [-0.4, -0.2) is 9.97 Å². The second-order valence-electron chi connectivity index (χ2n) is 4.29. The number of allylic oxidation sites excluding steroid dienone is 1. The van der Waals surface area contributed by atoms with Gasteiger partial charge in [-0.25, -0.2) is 4.98 Å². The Labute approximate surface area is 106 Å². The minimum absolute atomic E-state index is 0.159. The van der Waals surface area contributed by atoms with Gasteiger partial charge in [0.25, 0.3) is 0 Å². The Morgan fingerprint density at radius 3 is 3.17 bits per heavy atom. The maximum atomic E-state index is 11.8. The number of rotatable bonds is 5. The third kappa shape index (κ3) is 3.03. The minimum Gasteiger partial charge on any atom is -0.217 e. The maximum absolute atomic E-state index is 11.8. The lowest BCUT2D eigenvalue weighted by Gasteiger charge is -1.94. The highest BCUT2D eigenvalue weighted by atomic mass is 16.1. The van der Waals surface area contributed by atoms with Gasteiger partial charge in [-0.15, -0.1) is 0 Å². The predicted molar refractivity (Wildman–Crippen MR) is 72.0 cm³/mol. The molecule has 4 nitrogen and oxygen atoms in total. The van der Waals surface area contributed by atoms with Gasteiger partial charge in [0.05, 0.1) is 11.6 Å². The van der Waals surface area contributed by atoms with Crippen LogP contribution in [0, 0.1) is 0 Å². The molecular formula is C14H18N3O+. The molecule has 0 amide bonds. The lowest BCUT2D eigenvalue weighted by Crippen LogP contribution is -2.45. The zero-order valence-electron chi connectivity index (χ0n) is 10.6. The Bertz CT molecular complexity index is 601. The molecule has 2 rings (SSSR count). The van der Waals surface area contributed by atoms with E-state index in [0.717, 1.165) is 11.8 Å². The normalized spacial score (nSPS) is 11.4. The molecule has 0 unspecified atom stereocenters. The number of pyridine rings is 1. The van der Waals surface area contributed by atoms with E-state index >= 15 is 0 Å². The second-order valence-corrected chi connectivity index (χ2v) is 4.29. The summed E-state index contributed by atoms with van der Waals surface area (Å²) in [5.74, 6) is 0. The van der Waals surface area contributed by atoms with Crippen LogP contribution in [0.15, 0.2) is 35.4 Å². The first-order chi connectivity index (χ1) is 8.81. The number of fused-ring (bicyclic) bond motifs is 1. The molecule has 0 saturated carbocycles. The van der Waals surface area contributed by atoms with Gasteiger partial charge < -0.3 is 0 Å². The van der Waals surface area contributed by atoms with Crippen molar-refractivity contribution >= 4 is 17.2 Å². The zero-order valence-corrected chi connectivity index (χ0v) is 10.6. The van der Waals surface area contributed by atoms with E-state index in [1.807, 2.05) is 24.4 Å². The molecule has 0 saturated heterocycles. The summed E-state index contributed by atoms with van der Waals surface area (Å²) in [6.45, 7) is 2.18. The van der Waals surface area contributed by atoms with Crippen molar-refractivity contribution in [2.75, 3.05) is 0 Å². The highest BCUT2D eigenvalue weighted by molar-refractivity contribution is 5.71. The Kier molecular flexibility index (Phi) is 4.23. The van der Waals surface area contributed by atoms with Gasteiger partial charge in [0.15, 0.2) is 0 Å². The first-order valence-electron chi connectivity index (χ1n) is 6.37. The van der Waals surface area contributed by atoms with Gasteiger partial charge in [-0.3, -0.25) is 0 Å². The fourth-order valence-corrected chi connectivity index (χ4v) is 1.81. The van der Waals surface area contributed by atoms with Crippen molar-refractivity contribution in [1.29, 1.82) is 0 Å². The van der Waals surface area contributed by atoms with E-state index in [1.54, 1.807) is 17.0 Å². The number of unbranched alkanes of at least 4 members (excludes halogenated alkanes) is 3. The van der Waals surface area contributed by atoms with E-state index in [9.17, 15) is 4.79 Å². The average molecular weight is 244 g/mol. The van der Waals surface area contributed by atoms with Gasteiger partial charge >= 0.3 is 5.69 Å². The van der Waals surface area contributed by atoms with E-state index in [1.165, 1.54) is 19.3 Å². The largest absolute Gasteiger partial charge is 0.502 e. The SMILES string of the molecule is CCCCCC=C[n+]1cc2cccnc2[nH]c1=O. The molecule has 1 N–H and O–H groups in total. The number of aromatic amines is 1. The Balaban J connectivity index is 2.18. The van der Waals surface area contributed by atoms with Crippen LogP contribution >= 0.6 is 0 Å². The van der Waals surface area contributed by atoms with Crippen molar-refractivity contribution in [3.63, 3.8) is 0 Å². The maximum Gasteiger partial charge on any atom is 0.502 e. The number of aromatic nitrogens is 3. The Morgan fingerprint density at radius 2 is 2.33 bits per heavy atom.